The van der Waals surface area contributed by atoms with E-state index in [1.807, 2.05) is 0 Å². The van der Waals surface area contributed by atoms with E-state index < -0.39 is 22.7 Å². The van der Waals surface area contributed by atoms with Crippen molar-refractivity contribution in [3.8, 4) is 5.75 Å². The molecule has 1 aromatic rings. The Kier molecular flexibility index (Phi) is 5.83. The number of hydrogen-bond acceptors (Lipinski definition) is 6. The highest BCUT2D eigenvalue weighted by Crippen LogP contribution is 2.36. The largest absolute Gasteiger partial charge is 0.471 e. The Morgan fingerprint density at radius 3 is 2.52 bits per heavy atom. The molecule has 8 heteroatoms. The first-order valence-electron chi connectivity index (χ1n) is 6.07. The second kappa shape index (κ2) is 7.16. The highest BCUT2D eigenvalue weighted by molar-refractivity contribution is 9.10. The van der Waals surface area contributed by atoms with E-state index in [4.69, 9.17) is 4.74 Å². The molecule has 0 aliphatic carbocycles. The summed E-state index contributed by atoms with van der Waals surface area (Å²) >= 11 is 3.12. The van der Waals surface area contributed by atoms with E-state index >= 15 is 0 Å². The molecule has 0 aliphatic rings. The van der Waals surface area contributed by atoms with E-state index in [-0.39, 0.29) is 23.5 Å². The lowest BCUT2D eigenvalue weighted by molar-refractivity contribution is -0.386. The first-order valence-corrected chi connectivity index (χ1v) is 6.86. The van der Waals surface area contributed by atoms with Crippen LogP contribution in [0.25, 0.3) is 0 Å². The van der Waals surface area contributed by atoms with Gasteiger partial charge in [0.05, 0.1) is 17.6 Å². The highest BCUT2D eigenvalue weighted by atomic mass is 79.9. The Balaban J connectivity index is 3.40. The van der Waals surface area contributed by atoms with Crippen molar-refractivity contribution in [2.45, 2.75) is 26.4 Å². The zero-order chi connectivity index (χ0) is 16.2. The van der Waals surface area contributed by atoms with Gasteiger partial charge in [0.15, 0.2) is 11.9 Å². The lowest BCUT2D eigenvalue weighted by Gasteiger charge is -2.15. The van der Waals surface area contributed by atoms with E-state index in [0.717, 1.165) is 0 Å². The molecule has 0 N–H and O–H groups in total. The van der Waals surface area contributed by atoms with Crippen LogP contribution in [-0.4, -0.2) is 29.9 Å². The van der Waals surface area contributed by atoms with Gasteiger partial charge in [-0.3, -0.25) is 14.9 Å². The van der Waals surface area contributed by atoms with Gasteiger partial charge in [-0.25, -0.2) is 4.79 Å². The fraction of sp³-hybridized carbons (Fsp3) is 0.385. The Morgan fingerprint density at radius 1 is 1.43 bits per heavy atom. The van der Waals surface area contributed by atoms with Gasteiger partial charge in [0.1, 0.15) is 0 Å². The second-order valence-corrected chi connectivity index (χ2v) is 5.03. The lowest BCUT2D eigenvalue weighted by Crippen LogP contribution is -2.26. The first-order chi connectivity index (χ1) is 9.81. The second-order valence-electron chi connectivity index (χ2n) is 4.12. The number of esters is 1. The summed E-state index contributed by atoms with van der Waals surface area (Å²) < 4.78 is 10.2. The number of carbonyl (C=O) groups excluding carboxylic acids is 2. The molecule has 0 saturated heterocycles. The average Bonchev–Trinajstić information content (AvgIpc) is 2.46. The van der Waals surface area contributed by atoms with Crippen LogP contribution in [0.15, 0.2) is 16.6 Å². The van der Waals surface area contributed by atoms with E-state index in [2.05, 4.69) is 20.7 Å². The zero-order valence-corrected chi connectivity index (χ0v) is 13.3. The maximum absolute atomic E-state index is 11.9. The third kappa shape index (κ3) is 4.01. The van der Waals surface area contributed by atoms with Gasteiger partial charge < -0.3 is 9.47 Å². The first kappa shape index (κ1) is 17.1. The SMILES string of the molecule is CCC(=O)c1cc(Br)cc([N+](=O)[O-])c1OC(C)C(=O)OC. The van der Waals surface area contributed by atoms with Crippen molar-refractivity contribution in [2.24, 2.45) is 0 Å². The average molecular weight is 360 g/mol. The van der Waals surface area contributed by atoms with Crippen LogP contribution >= 0.6 is 15.9 Å². The molecule has 1 unspecified atom stereocenters. The van der Waals surface area contributed by atoms with Crippen LogP contribution in [0.3, 0.4) is 0 Å². The number of nitro groups is 1. The number of rotatable bonds is 6. The fourth-order valence-corrected chi connectivity index (χ4v) is 2.07. The predicted molar refractivity (Wildman–Crippen MR) is 77.5 cm³/mol. The fourth-order valence-electron chi connectivity index (χ4n) is 1.63. The summed E-state index contributed by atoms with van der Waals surface area (Å²) in [6.45, 7) is 3.01. The van der Waals surface area contributed by atoms with E-state index in [0.29, 0.717) is 4.47 Å². The number of methoxy groups -OCH3 is 1. The molecule has 114 valence electrons. The standard InChI is InChI=1S/C13H14BrNO6/c1-4-11(16)9-5-8(14)6-10(15(18)19)12(9)21-7(2)13(17)20-3/h5-7H,4H2,1-3H3. The van der Waals surface area contributed by atoms with Crippen LogP contribution in [0, 0.1) is 10.1 Å². The zero-order valence-electron chi connectivity index (χ0n) is 11.7. The molecular weight excluding hydrogens is 346 g/mol. The molecular formula is C13H14BrNO6. The lowest BCUT2D eigenvalue weighted by atomic mass is 10.1. The minimum Gasteiger partial charge on any atom is -0.471 e. The van der Waals surface area contributed by atoms with Gasteiger partial charge in [0.2, 0.25) is 5.75 Å². The van der Waals surface area contributed by atoms with Gasteiger partial charge in [-0.05, 0) is 13.0 Å². The van der Waals surface area contributed by atoms with Crippen LogP contribution < -0.4 is 4.74 Å². The van der Waals surface area contributed by atoms with Gasteiger partial charge in [0, 0.05) is 17.0 Å². The summed E-state index contributed by atoms with van der Waals surface area (Å²) in [5.41, 5.74) is -0.341. The smallest absolute Gasteiger partial charge is 0.346 e. The molecule has 0 saturated carbocycles. The molecule has 1 rings (SSSR count). The Labute approximate surface area is 129 Å². The van der Waals surface area contributed by atoms with Crippen LogP contribution in [0.5, 0.6) is 5.75 Å². The Morgan fingerprint density at radius 2 is 2.05 bits per heavy atom. The number of halogens is 1. The molecule has 7 nitrogen and oxygen atoms in total. The molecule has 21 heavy (non-hydrogen) atoms. The van der Waals surface area contributed by atoms with E-state index in [9.17, 15) is 19.7 Å². The van der Waals surface area contributed by atoms with Gasteiger partial charge in [-0.2, -0.15) is 0 Å². The van der Waals surface area contributed by atoms with Crippen molar-refractivity contribution in [2.75, 3.05) is 7.11 Å². The number of Topliss-reactive ketones (excluding diaryl/α,β-unsaturated/α-hetero) is 1. The van der Waals surface area contributed by atoms with Gasteiger partial charge in [0.25, 0.3) is 0 Å². The van der Waals surface area contributed by atoms with Crippen LogP contribution in [-0.2, 0) is 9.53 Å². The summed E-state index contributed by atoms with van der Waals surface area (Å²) in [7, 11) is 1.18. The number of benzene rings is 1. The Hall–Kier alpha value is -1.96. The van der Waals surface area contributed by atoms with Crippen LogP contribution in [0.1, 0.15) is 30.6 Å². The molecule has 0 spiro atoms. The van der Waals surface area contributed by atoms with E-state index in [1.54, 1.807) is 6.92 Å². The molecule has 0 fully saturated rings. The van der Waals surface area contributed by atoms with Crippen molar-refractivity contribution >= 4 is 33.4 Å². The van der Waals surface area contributed by atoms with Crippen molar-refractivity contribution < 1.29 is 24.0 Å². The number of nitrogens with zero attached hydrogens (tertiary/aromatic N) is 1. The highest BCUT2D eigenvalue weighted by Gasteiger charge is 2.27. The van der Waals surface area contributed by atoms with Crippen molar-refractivity contribution in [3.63, 3.8) is 0 Å². The molecule has 1 aromatic carbocycles. The summed E-state index contributed by atoms with van der Waals surface area (Å²) in [5, 5.41) is 11.1. The van der Waals surface area contributed by atoms with Gasteiger partial charge in [-0.15, -0.1) is 0 Å². The van der Waals surface area contributed by atoms with Crippen molar-refractivity contribution in [1.29, 1.82) is 0 Å². The van der Waals surface area contributed by atoms with Gasteiger partial charge in [-0.1, -0.05) is 22.9 Å². The minimum atomic E-state index is -1.07. The number of nitro benzene ring substituents is 1. The summed E-state index contributed by atoms with van der Waals surface area (Å²) in [6.07, 6.45) is -0.922. The summed E-state index contributed by atoms with van der Waals surface area (Å²) in [5.74, 6) is -1.25. The molecule has 0 heterocycles. The maximum atomic E-state index is 11.9. The third-order valence-electron chi connectivity index (χ3n) is 2.68. The molecule has 0 aromatic heterocycles. The number of hydrogen-bond donors (Lipinski definition) is 0. The number of ether oxygens (including phenoxy) is 2. The van der Waals surface area contributed by atoms with Crippen LogP contribution in [0.2, 0.25) is 0 Å². The summed E-state index contributed by atoms with van der Waals surface area (Å²) in [4.78, 5) is 33.8. The monoisotopic (exact) mass is 359 g/mol. The predicted octanol–water partition coefficient (Wildman–Crippen LogP) is 2.89. The third-order valence-corrected chi connectivity index (χ3v) is 3.14. The summed E-state index contributed by atoms with van der Waals surface area (Å²) in [6, 6.07) is 2.64. The molecule has 0 amide bonds. The molecule has 0 aliphatic heterocycles. The van der Waals surface area contributed by atoms with Gasteiger partial charge >= 0.3 is 11.7 Å². The number of ketones is 1. The van der Waals surface area contributed by atoms with Crippen molar-refractivity contribution in [3.05, 3.63) is 32.3 Å². The molecule has 1 atom stereocenters. The normalized spacial score (nSPS) is 11.6. The molecule has 0 bridgehead atoms. The maximum Gasteiger partial charge on any atom is 0.346 e. The Bertz CT molecular complexity index is 586. The van der Waals surface area contributed by atoms with Crippen LogP contribution in [0.4, 0.5) is 5.69 Å². The molecule has 0 radical (unpaired) electrons. The minimum absolute atomic E-state index is 0.0503. The quantitative estimate of drug-likeness (QED) is 0.335. The topological polar surface area (TPSA) is 95.7 Å². The number of carbonyl (C=O) groups is 2. The van der Waals surface area contributed by atoms with Crippen molar-refractivity contribution in [1.82, 2.24) is 0 Å². The van der Waals surface area contributed by atoms with E-state index in [1.165, 1.54) is 26.2 Å².